The maximum absolute atomic E-state index is 13.4. The second-order valence-electron chi connectivity index (χ2n) is 10.8. The molecular weight excluding hydrogens is 300 g/mol. The molecule has 2 saturated heterocycles. The molecular formula is C20H34N2O2. The van der Waals surface area contributed by atoms with E-state index >= 15 is 0 Å². The molecule has 4 aliphatic rings. The van der Waals surface area contributed by atoms with Crippen molar-refractivity contribution in [1.82, 2.24) is 10.6 Å². The van der Waals surface area contributed by atoms with Crippen LogP contribution in [0.5, 0.6) is 0 Å². The second kappa shape index (κ2) is 4.56. The van der Waals surface area contributed by atoms with Crippen LogP contribution in [0, 0.1) is 16.7 Å². The first-order valence-electron chi connectivity index (χ1n) is 9.68. The topological polar surface area (TPSA) is 50.4 Å². The molecule has 0 aromatic rings. The Morgan fingerprint density at radius 2 is 1.67 bits per heavy atom. The molecule has 4 unspecified atom stereocenters. The Morgan fingerprint density at radius 3 is 2.21 bits per heavy atom. The van der Waals surface area contributed by atoms with Gasteiger partial charge in [-0.15, -0.1) is 0 Å². The lowest BCUT2D eigenvalue weighted by atomic mass is 9.66. The molecule has 1 amide bonds. The third-order valence-corrected chi connectivity index (χ3v) is 8.09. The largest absolute Gasteiger partial charge is 0.364 e. The molecule has 0 radical (unpaired) electrons. The van der Waals surface area contributed by atoms with Gasteiger partial charge in [0.05, 0.1) is 6.61 Å². The van der Waals surface area contributed by atoms with E-state index in [1.807, 2.05) is 0 Å². The third kappa shape index (κ3) is 1.96. The number of carbonyl (C=O) groups excluding carboxylic acids is 1. The molecule has 2 N–H and O–H groups in total. The molecule has 136 valence electrons. The van der Waals surface area contributed by atoms with Gasteiger partial charge >= 0.3 is 0 Å². The van der Waals surface area contributed by atoms with E-state index < -0.39 is 5.60 Å². The van der Waals surface area contributed by atoms with Crippen LogP contribution >= 0.6 is 0 Å². The highest BCUT2D eigenvalue weighted by Gasteiger charge is 2.78. The molecule has 4 nitrogen and oxygen atoms in total. The normalized spacial score (nSPS) is 48.7. The Labute approximate surface area is 146 Å². The molecule has 4 rings (SSSR count). The van der Waals surface area contributed by atoms with E-state index in [9.17, 15) is 4.79 Å². The van der Waals surface area contributed by atoms with Gasteiger partial charge in [-0.1, -0.05) is 13.8 Å². The first-order chi connectivity index (χ1) is 10.9. The molecule has 24 heavy (non-hydrogen) atoms. The number of nitrogens with one attached hydrogen (secondary N) is 2. The van der Waals surface area contributed by atoms with Gasteiger partial charge in [0.2, 0.25) is 0 Å². The summed E-state index contributed by atoms with van der Waals surface area (Å²) in [6.07, 6.45) is 5.25. The van der Waals surface area contributed by atoms with Gasteiger partial charge in [-0.25, -0.2) is 0 Å². The van der Waals surface area contributed by atoms with Crippen molar-refractivity contribution >= 4 is 5.91 Å². The lowest BCUT2D eigenvalue weighted by molar-refractivity contribution is -0.157. The van der Waals surface area contributed by atoms with Gasteiger partial charge in [0, 0.05) is 27.9 Å². The minimum atomic E-state index is -0.580. The number of hydrogen-bond donors (Lipinski definition) is 2. The molecule has 4 fully saturated rings. The predicted molar refractivity (Wildman–Crippen MR) is 94.7 cm³/mol. The number of hydrogen-bond acceptors (Lipinski definition) is 3. The van der Waals surface area contributed by atoms with Crippen molar-refractivity contribution in [2.45, 2.75) is 96.4 Å². The highest BCUT2D eigenvalue weighted by Crippen LogP contribution is 2.75. The Balaban J connectivity index is 1.56. The van der Waals surface area contributed by atoms with Crippen LogP contribution in [0.3, 0.4) is 0 Å². The van der Waals surface area contributed by atoms with E-state index in [0.717, 1.165) is 32.3 Å². The van der Waals surface area contributed by atoms with E-state index in [1.165, 1.54) is 6.42 Å². The Hall–Kier alpha value is -0.610. The highest BCUT2D eigenvalue weighted by atomic mass is 16.5. The van der Waals surface area contributed by atoms with Gasteiger partial charge in [0.1, 0.15) is 0 Å². The second-order valence-corrected chi connectivity index (χ2v) is 10.8. The van der Waals surface area contributed by atoms with E-state index in [-0.39, 0.29) is 33.9 Å². The van der Waals surface area contributed by atoms with Crippen LogP contribution in [0.2, 0.25) is 0 Å². The lowest BCUT2D eigenvalue weighted by Gasteiger charge is -2.48. The minimum Gasteiger partial charge on any atom is -0.364 e. The highest BCUT2D eigenvalue weighted by molar-refractivity contribution is 5.88. The summed E-state index contributed by atoms with van der Waals surface area (Å²) in [5, 5.41) is 7.11. The zero-order valence-electron chi connectivity index (χ0n) is 16.2. The molecule has 2 aliphatic heterocycles. The number of carbonyl (C=O) groups is 1. The van der Waals surface area contributed by atoms with Crippen LogP contribution in [0.4, 0.5) is 0 Å². The smallest absolute Gasteiger partial charge is 0.253 e. The van der Waals surface area contributed by atoms with Crippen LogP contribution in [0.25, 0.3) is 0 Å². The van der Waals surface area contributed by atoms with Crippen molar-refractivity contribution < 1.29 is 9.53 Å². The van der Waals surface area contributed by atoms with Crippen LogP contribution in [-0.2, 0) is 9.53 Å². The van der Waals surface area contributed by atoms with E-state index in [1.54, 1.807) is 0 Å². The summed E-state index contributed by atoms with van der Waals surface area (Å²) in [6.45, 7) is 14.3. The predicted octanol–water partition coefficient (Wildman–Crippen LogP) is 3.01. The number of ether oxygens (including phenoxy) is 1. The SMILES string of the molecule is CC1(C)CC(NC(=O)C23CC4CCC2(C)C4(C)CO3)CC(C)(C)N1. The molecule has 4 bridgehead atoms. The van der Waals surface area contributed by atoms with Crippen LogP contribution in [0.15, 0.2) is 0 Å². The van der Waals surface area contributed by atoms with E-state index in [4.69, 9.17) is 4.74 Å². The number of piperidine rings is 1. The fourth-order valence-electron chi connectivity index (χ4n) is 6.98. The monoisotopic (exact) mass is 334 g/mol. The summed E-state index contributed by atoms with van der Waals surface area (Å²) < 4.78 is 6.26. The average molecular weight is 335 g/mol. The zero-order chi connectivity index (χ0) is 17.6. The van der Waals surface area contributed by atoms with Gasteiger partial charge in [0.25, 0.3) is 5.91 Å². The molecule has 0 aromatic heterocycles. The van der Waals surface area contributed by atoms with Crippen LogP contribution < -0.4 is 10.6 Å². The standard InChI is InChI=1S/C20H34N2O2/c1-16(2)10-14(11-17(3,4)22-16)21-15(23)20-9-13-7-8-19(20,6)18(13,5)12-24-20/h13-14,22H,7-12H2,1-6H3,(H,21,23). The lowest BCUT2D eigenvalue weighted by Crippen LogP contribution is -2.64. The minimum absolute atomic E-state index is 0.00665. The molecule has 2 saturated carbocycles. The van der Waals surface area contributed by atoms with Crippen molar-refractivity contribution in [2.24, 2.45) is 16.7 Å². The fraction of sp³-hybridized carbons (Fsp3) is 0.950. The maximum Gasteiger partial charge on any atom is 0.253 e. The summed E-state index contributed by atoms with van der Waals surface area (Å²) in [4.78, 5) is 13.4. The van der Waals surface area contributed by atoms with Gasteiger partial charge in [-0.3, -0.25) is 4.79 Å². The Bertz CT molecular complexity index is 570. The summed E-state index contributed by atoms with van der Waals surface area (Å²) in [7, 11) is 0. The van der Waals surface area contributed by atoms with Gasteiger partial charge in [0.15, 0.2) is 5.60 Å². The third-order valence-electron chi connectivity index (χ3n) is 8.09. The summed E-state index contributed by atoms with van der Waals surface area (Å²) in [5.41, 5.74) is -0.296. The first-order valence-corrected chi connectivity index (χ1v) is 9.68. The van der Waals surface area contributed by atoms with Crippen molar-refractivity contribution in [2.75, 3.05) is 6.61 Å². The Morgan fingerprint density at radius 1 is 1.04 bits per heavy atom. The van der Waals surface area contributed by atoms with Crippen molar-refractivity contribution in [3.63, 3.8) is 0 Å². The zero-order valence-corrected chi connectivity index (χ0v) is 16.2. The maximum atomic E-state index is 13.4. The van der Waals surface area contributed by atoms with Crippen molar-refractivity contribution in [3.8, 4) is 0 Å². The number of rotatable bonds is 2. The van der Waals surface area contributed by atoms with E-state index in [0.29, 0.717) is 5.92 Å². The van der Waals surface area contributed by atoms with Gasteiger partial charge in [-0.05, 0) is 65.7 Å². The molecule has 4 atom stereocenters. The quantitative estimate of drug-likeness (QED) is 0.816. The van der Waals surface area contributed by atoms with E-state index in [2.05, 4.69) is 52.2 Å². The molecule has 0 spiro atoms. The fourth-order valence-corrected chi connectivity index (χ4v) is 6.98. The summed E-state index contributed by atoms with van der Waals surface area (Å²) in [5.74, 6) is 0.817. The van der Waals surface area contributed by atoms with Gasteiger partial charge < -0.3 is 15.4 Å². The molecule has 4 heteroatoms. The van der Waals surface area contributed by atoms with Crippen molar-refractivity contribution in [3.05, 3.63) is 0 Å². The van der Waals surface area contributed by atoms with Gasteiger partial charge in [-0.2, -0.15) is 0 Å². The average Bonchev–Trinajstić information content (AvgIpc) is 2.87. The first kappa shape index (κ1) is 16.8. The van der Waals surface area contributed by atoms with Crippen LogP contribution in [0.1, 0.15) is 73.6 Å². The summed E-state index contributed by atoms with van der Waals surface area (Å²) in [6, 6.07) is 0.219. The molecule has 0 aromatic carbocycles. The number of amides is 1. The Kier molecular flexibility index (Phi) is 3.20. The summed E-state index contributed by atoms with van der Waals surface area (Å²) >= 11 is 0. The van der Waals surface area contributed by atoms with Crippen LogP contribution in [-0.4, -0.2) is 35.2 Å². The molecule has 2 heterocycles. The molecule has 2 aliphatic carbocycles. The van der Waals surface area contributed by atoms with Crippen molar-refractivity contribution in [1.29, 1.82) is 0 Å².